The number of aryl methyl sites for hydroxylation is 1. The largest absolute Gasteiger partial charge is 0.240 e. The van der Waals surface area contributed by atoms with Crippen LogP contribution in [-0.4, -0.2) is 14.5 Å². The zero-order valence-electron chi connectivity index (χ0n) is 11.1. The van der Waals surface area contributed by atoms with Crippen LogP contribution >= 0.6 is 0 Å². The van der Waals surface area contributed by atoms with Gasteiger partial charge in [0.1, 0.15) is 0 Å². The zero-order valence-corrected chi connectivity index (χ0v) is 11.9. The van der Waals surface area contributed by atoms with Gasteiger partial charge < -0.3 is 0 Å². The fourth-order valence-electron chi connectivity index (χ4n) is 2.45. The van der Waals surface area contributed by atoms with Crippen molar-refractivity contribution in [2.45, 2.75) is 37.1 Å². The summed E-state index contributed by atoms with van der Waals surface area (Å²) in [5.41, 5.74) is 1.08. The van der Waals surface area contributed by atoms with Crippen molar-refractivity contribution in [3.8, 4) is 12.1 Å². The van der Waals surface area contributed by atoms with E-state index in [-0.39, 0.29) is 16.9 Å². The van der Waals surface area contributed by atoms with Crippen molar-refractivity contribution in [1.82, 2.24) is 4.72 Å². The van der Waals surface area contributed by atoms with E-state index in [0.717, 1.165) is 12.8 Å². The van der Waals surface area contributed by atoms with E-state index in [1.54, 1.807) is 6.92 Å². The highest BCUT2D eigenvalue weighted by Crippen LogP contribution is 2.26. The van der Waals surface area contributed by atoms with Crippen LogP contribution in [0.2, 0.25) is 0 Å². The molecule has 0 aromatic heterocycles. The molecule has 1 aliphatic carbocycles. The first-order chi connectivity index (χ1) is 9.47. The maximum absolute atomic E-state index is 12.3. The van der Waals surface area contributed by atoms with Gasteiger partial charge in [-0.05, 0) is 43.5 Å². The summed E-state index contributed by atoms with van der Waals surface area (Å²) in [6.07, 6.45) is 2.28. The molecule has 0 bridgehead atoms. The Labute approximate surface area is 118 Å². The summed E-state index contributed by atoms with van der Waals surface area (Å²) in [6.45, 7) is 1.70. The van der Waals surface area contributed by atoms with Gasteiger partial charge >= 0.3 is 0 Å². The minimum atomic E-state index is -3.64. The molecule has 1 aromatic carbocycles. The van der Waals surface area contributed by atoms with Gasteiger partial charge in [-0.25, -0.2) is 13.1 Å². The third kappa shape index (κ3) is 2.82. The van der Waals surface area contributed by atoms with Gasteiger partial charge in [0.25, 0.3) is 0 Å². The van der Waals surface area contributed by atoms with E-state index in [9.17, 15) is 8.42 Å². The molecular formula is C14H15N3O2S. The first-order valence-corrected chi connectivity index (χ1v) is 7.89. The SMILES string of the molecule is Cc1cc(S(=O)(=O)NC2CCCC2C#N)ccc1C#N. The van der Waals surface area contributed by atoms with Crippen molar-refractivity contribution in [1.29, 1.82) is 10.5 Å². The fraction of sp³-hybridized carbons (Fsp3) is 0.429. The predicted octanol–water partition coefficient (Wildman–Crippen LogP) is 1.84. The molecule has 1 N–H and O–H groups in total. The maximum atomic E-state index is 12.3. The topological polar surface area (TPSA) is 93.8 Å². The lowest BCUT2D eigenvalue weighted by molar-refractivity contribution is 0.515. The van der Waals surface area contributed by atoms with Crippen LogP contribution in [0.15, 0.2) is 23.1 Å². The quantitative estimate of drug-likeness (QED) is 0.918. The molecule has 0 amide bonds. The van der Waals surface area contributed by atoms with Crippen LogP contribution < -0.4 is 4.72 Å². The summed E-state index contributed by atoms with van der Waals surface area (Å²) in [7, 11) is -3.64. The molecule has 6 heteroatoms. The van der Waals surface area contributed by atoms with Gasteiger partial charge in [0, 0.05) is 6.04 Å². The summed E-state index contributed by atoms with van der Waals surface area (Å²) in [5, 5.41) is 17.9. The monoisotopic (exact) mass is 289 g/mol. The lowest BCUT2D eigenvalue weighted by Gasteiger charge is -2.16. The van der Waals surface area contributed by atoms with Crippen LogP contribution in [0.5, 0.6) is 0 Å². The smallest absolute Gasteiger partial charge is 0.207 e. The molecule has 0 radical (unpaired) electrons. The van der Waals surface area contributed by atoms with Crippen molar-refractivity contribution in [2.24, 2.45) is 5.92 Å². The van der Waals surface area contributed by atoms with Crippen molar-refractivity contribution in [3.05, 3.63) is 29.3 Å². The van der Waals surface area contributed by atoms with Crippen molar-refractivity contribution in [3.63, 3.8) is 0 Å². The fourth-order valence-corrected chi connectivity index (χ4v) is 3.85. The van der Waals surface area contributed by atoms with Crippen LogP contribution in [0.1, 0.15) is 30.4 Å². The molecule has 5 nitrogen and oxygen atoms in total. The standard InChI is InChI=1S/C14H15N3O2S/c1-10-7-13(6-5-11(10)8-15)20(18,19)17-14-4-2-3-12(14)9-16/h5-7,12,14,17H,2-4H2,1H3. The number of nitrogens with one attached hydrogen (secondary N) is 1. The normalized spacial score (nSPS) is 22.1. The van der Waals surface area contributed by atoms with Crippen LogP contribution in [0, 0.1) is 35.5 Å². The number of rotatable bonds is 3. The third-order valence-electron chi connectivity index (χ3n) is 3.62. The van der Waals surface area contributed by atoms with Crippen LogP contribution in [0.4, 0.5) is 0 Å². The summed E-state index contributed by atoms with van der Waals surface area (Å²) in [5.74, 6) is -0.260. The molecule has 0 spiro atoms. The van der Waals surface area contributed by atoms with E-state index in [1.807, 2.05) is 6.07 Å². The van der Waals surface area contributed by atoms with Crippen molar-refractivity contribution in [2.75, 3.05) is 0 Å². The molecule has 0 aliphatic heterocycles. The number of nitriles is 2. The molecule has 1 aromatic rings. The van der Waals surface area contributed by atoms with Gasteiger partial charge in [-0.1, -0.05) is 6.42 Å². The van der Waals surface area contributed by atoms with E-state index in [4.69, 9.17) is 10.5 Å². The Hall–Kier alpha value is -1.89. The van der Waals surface area contributed by atoms with Gasteiger partial charge in [0.2, 0.25) is 10.0 Å². The molecular weight excluding hydrogens is 274 g/mol. The molecule has 1 aliphatic rings. The first-order valence-electron chi connectivity index (χ1n) is 6.40. The molecule has 0 heterocycles. The Morgan fingerprint density at radius 1 is 1.30 bits per heavy atom. The lowest BCUT2D eigenvalue weighted by Crippen LogP contribution is -2.36. The highest BCUT2D eigenvalue weighted by atomic mass is 32.2. The molecule has 1 saturated carbocycles. The van der Waals surface area contributed by atoms with Gasteiger partial charge in [0.05, 0.1) is 28.5 Å². The first kappa shape index (κ1) is 14.5. The third-order valence-corrected chi connectivity index (χ3v) is 5.10. The highest BCUT2D eigenvalue weighted by Gasteiger charge is 2.31. The summed E-state index contributed by atoms with van der Waals surface area (Å²) in [4.78, 5) is 0.137. The van der Waals surface area contributed by atoms with Gasteiger partial charge in [-0.3, -0.25) is 0 Å². The van der Waals surface area contributed by atoms with Crippen LogP contribution in [0.3, 0.4) is 0 Å². The number of hydrogen-bond acceptors (Lipinski definition) is 4. The van der Waals surface area contributed by atoms with Gasteiger partial charge in [0.15, 0.2) is 0 Å². The average Bonchev–Trinajstić information content (AvgIpc) is 2.85. The summed E-state index contributed by atoms with van der Waals surface area (Å²) >= 11 is 0. The lowest BCUT2D eigenvalue weighted by atomic mass is 10.1. The molecule has 20 heavy (non-hydrogen) atoms. The number of sulfonamides is 1. The van der Waals surface area contributed by atoms with Gasteiger partial charge in [-0.15, -0.1) is 0 Å². The van der Waals surface area contributed by atoms with E-state index in [2.05, 4.69) is 10.8 Å². The Morgan fingerprint density at radius 2 is 2.05 bits per heavy atom. The van der Waals surface area contributed by atoms with Crippen molar-refractivity contribution < 1.29 is 8.42 Å². The second-order valence-corrected chi connectivity index (χ2v) is 6.70. The Morgan fingerprint density at radius 3 is 2.65 bits per heavy atom. The summed E-state index contributed by atoms with van der Waals surface area (Å²) in [6, 6.07) is 8.24. The molecule has 1 fully saturated rings. The Balaban J connectivity index is 2.25. The Kier molecular flexibility index (Phi) is 4.08. The Bertz CT molecular complexity index is 698. The number of benzene rings is 1. The van der Waals surface area contributed by atoms with Crippen LogP contribution in [-0.2, 0) is 10.0 Å². The predicted molar refractivity (Wildman–Crippen MR) is 73.0 cm³/mol. The van der Waals surface area contributed by atoms with E-state index < -0.39 is 10.0 Å². The molecule has 2 atom stereocenters. The van der Waals surface area contributed by atoms with Crippen molar-refractivity contribution >= 4 is 10.0 Å². The number of hydrogen-bond donors (Lipinski definition) is 1. The van der Waals surface area contributed by atoms with Crippen LogP contribution in [0.25, 0.3) is 0 Å². The van der Waals surface area contributed by atoms with E-state index in [1.165, 1.54) is 18.2 Å². The van der Waals surface area contributed by atoms with E-state index >= 15 is 0 Å². The minimum Gasteiger partial charge on any atom is -0.207 e. The molecule has 104 valence electrons. The molecule has 0 saturated heterocycles. The second kappa shape index (κ2) is 5.62. The zero-order chi connectivity index (χ0) is 14.8. The average molecular weight is 289 g/mol. The summed E-state index contributed by atoms with van der Waals surface area (Å²) < 4.78 is 27.2. The highest BCUT2D eigenvalue weighted by molar-refractivity contribution is 7.89. The number of nitrogens with zero attached hydrogens (tertiary/aromatic N) is 2. The second-order valence-electron chi connectivity index (χ2n) is 4.98. The molecule has 2 rings (SSSR count). The van der Waals surface area contributed by atoms with E-state index in [0.29, 0.717) is 17.5 Å². The van der Waals surface area contributed by atoms with Gasteiger partial charge in [-0.2, -0.15) is 10.5 Å². The molecule has 2 unspecified atom stereocenters. The minimum absolute atomic E-state index is 0.137. The maximum Gasteiger partial charge on any atom is 0.240 e.